The van der Waals surface area contributed by atoms with Crippen LogP contribution in [-0.4, -0.2) is 0 Å². The first kappa shape index (κ1) is 13.0. The van der Waals surface area contributed by atoms with E-state index in [4.69, 9.17) is 0 Å². The van der Waals surface area contributed by atoms with E-state index in [9.17, 15) is 0 Å². The molecule has 0 saturated heterocycles. The molecule has 0 spiro atoms. The van der Waals surface area contributed by atoms with Gasteiger partial charge in [0.2, 0.25) is 0 Å². The van der Waals surface area contributed by atoms with E-state index in [1.165, 1.54) is 73.3 Å². The molecule has 0 aliphatic heterocycles. The average molecular weight is 273 g/mol. The van der Waals surface area contributed by atoms with Gasteiger partial charge in [-0.15, -0.1) is 0 Å². The average Bonchev–Trinajstić information content (AvgIpc) is 2.24. The summed E-state index contributed by atoms with van der Waals surface area (Å²) in [5, 5.41) is 0. The number of hydrogen-bond donors (Lipinski definition) is 0. The first-order chi connectivity index (χ1) is 8.45. The molecule has 0 amide bonds. The molecule has 0 aromatic heterocycles. The van der Waals surface area contributed by atoms with Gasteiger partial charge in [0.15, 0.2) is 0 Å². The molecular formula is C16H22Ni. The maximum atomic E-state index is 3.49. The van der Waals surface area contributed by atoms with Crippen molar-refractivity contribution in [3.8, 4) is 0 Å². The van der Waals surface area contributed by atoms with Crippen molar-refractivity contribution in [1.29, 1.82) is 0 Å². The van der Waals surface area contributed by atoms with Gasteiger partial charge in [-0.05, 0) is 0 Å². The van der Waals surface area contributed by atoms with Crippen LogP contribution in [0.5, 0.6) is 0 Å². The summed E-state index contributed by atoms with van der Waals surface area (Å²) in [6.07, 6.45) is 17.5. The molecule has 1 heteroatoms. The van der Waals surface area contributed by atoms with Gasteiger partial charge in [-0.1, -0.05) is 0 Å². The second-order valence-electron chi connectivity index (χ2n) is 4.71. The van der Waals surface area contributed by atoms with Crippen molar-refractivity contribution in [1.82, 2.24) is 0 Å². The zero-order valence-corrected chi connectivity index (χ0v) is 11.5. The Morgan fingerprint density at radius 2 is 1.24 bits per heavy atom. The van der Waals surface area contributed by atoms with Crippen LogP contribution >= 0.6 is 0 Å². The zero-order valence-electron chi connectivity index (χ0n) is 10.5. The Kier molecular flexibility index (Phi) is 5.94. The van der Waals surface area contributed by atoms with Gasteiger partial charge in [-0.25, -0.2) is 0 Å². The number of hydrogen-bond acceptors (Lipinski definition) is 0. The Morgan fingerprint density at radius 3 is 1.76 bits per heavy atom. The van der Waals surface area contributed by atoms with Crippen molar-refractivity contribution in [3.63, 3.8) is 0 Å². The minimum atomic E-state index is 1.21. The molecule has 0 bridgehead atoms. The Hall–Kier alpha value is -0.466. The summed E-state index contributed by atoms with van der Waals surface area (Å²) in [5.74, 6) is 0. The molecule has 0 heterocycles. The van der Waals surface area contributed by atoms with Crippen molar-refractivity contribution in [2.24, 2.45) is 0 Å². The van der Waals surface area contributed by atoms with Crippen LogP contribution in [-0.2, 0) is 14.4 Å². The monoisotopic (exact) mass is 272 g/mol. The normalized spacial score (nSPS) is 22.1. The second kappa shape index (κ2) is 7.78. The van der Waals surface area contributed by atoms with Gasteiger partial charge in [0, 0.05) is 0 Å². The first-order valence-corrected chi connectivity index (χ1v) is 7.90. The van der Waals surface area contributed by atoms with E-state index in [2.05, 4.69) is 23.6 Å². The molecule has 2 aliphatic rings. The van der Waals surface area contributed by atoms with Crippen molar-refractivity contribution >= 4 is 0 Å². The van der Waals surface area contributed by atoms with Gasteiger partial charge in [-0.2, -0.15) is 0 Å². The molecule has 2 aliphatic carbocycles. The fourth-order valence-corrected chi connectivity index (χ4v) is 3.42. The Labute approximate surface area is 111 Å². The molecule has 0 radical (unpaired) electrons. The molecule has 0 N–H and O–H groups in total. The molecule has 0 atom stereocenters. The van der Waals surface area contributed by atoms with E-state index in [1.54, 1.807) is 14.4 Å². The van der Waals surface area contributed by atoms with Crippen LogP contribution in [0.1, 0.15) is 64.2 Å². The van der Waals surface area contributed by atoms with Gasteiger partial charge in [0.25, 0.3) is 0 Å². The quantitative estimate of drug-likeness (QED) is 0.486. The number of rotatable bonds is 2. The molecule has 0 nitrogen and oxygen atoms in total. The molecule has 17 heavy (non-hydrogen) atoms. The summed E-state index contributed by atoms with van der Waals surface area (Å²) in [7, 11) is 0. The third kappa shape index (κ3) is 5.14. The summed E-state index contributed by atoms with van der Waals surface area (Å²) in [6, 6.07) is 0. The standard InChI is InChI=1S/2C8H11.Ni/c2*1-2-4-6-8-7-5-3-1;/h2*1H,2,4,6-8H2;. The van der Waals surface area contributed by atoms with Crippen LogP contribution in [0.15, 0.2) is 32.7 Å². The topological polar surface area (TPSA) is 0 Å². The third-order valence-electron chi connectivity index (χ3n) is 3.15. The zero-order chi connectivity index (χ0) is 11.8. The second-order valence-corrected chi connectivity index (χ2v) is 6.15. The van der Waals surface area contributed by atoms with E-state index in [0.717, 1.165) is 0 Å². The molecule has 0 aromatic rings. The molecule has 0 fully saturated rings. The summed E-state index contributed by atoms with van der Waals surface area (Å²) >= 11 is 1.73. The van der Waals surface area contributed by atoms with Gasteiger partial charge in [0.05, 0.1) is 0 Å². The summed E-state index contributed by atoms with van der Waals surface area (Å²) in [6.45, 7) is 0. The van der Waals surface area contributed by atoms with Gasteiger partial charge >= 0.3 is 111 Å². The van der Waals surface area contributed by atoms with Crippen LogP contribution in [0, 0.1) is 0 Å². The molecule has 2 rings (SSSR count). The van der Waals surface area contributed by atoms with E-state index in [0.29, 0.717) is 0 Å². The predicted octanol–water partition coefficient (Wildman–Crippen LogP) is 5.08. The predicted molar refractivity (Wildman–Crippen MR) is 69.4 cm³/mol. The van der Waals surface area contributed by atoms with E-state index in [-0.39, 0.29) is 0 Å². The van der Waals surface area contributed by atoms with Crippen molar-refractivity contribution in [2.45, 2.75) is 64.2 Å². The van der Waals surface area contributed by atoms with Gasteiger partial charge < -0.3 is 0 Å². The Bertz CT molecular complexity index is 327. The van der Waals surface area contributed by atoms with Crippen LogP contribution in [0.3, 0.4) is 0 Å². The SMILES string of the molecule is C1=CCCCCC[C]=1[Ni][C]1=C=CCCCCC1. The van der Waals surface area contributed by atoms with Crippen molar-refractivity contribution < 1.29 is 14.4 Å². The van der Waals surface area contributed by atoms with Crippen LogP contribution in [0.4, 0.5) is 0 Å². The van der Waals surface area contributed by atoms with E-state index >= 15 is 0 Å². The molecule has 0 unspecified atom stereocenters. The molecule has 96 valence electrons. The van der Waals surface area contributed by atoms with Crippen molar-refractivity contribution in [2.75, 3.05) is 0 Å². The first-order valence-electron chi connectivity index (χ1n) is 6.92. The van der Waals surface area contributed by atoms with Crippen LogP contribution in [0.25, 0.3) is 0 Å². The summed E-state index contributed by atoms with van der Waals surface area (Å²) < 4.78 is 2.90. The summed E-state index contributed by atoms with van der Waals surface area (Å²) in [5.41, 5.74) is 6.99. The molecule has 0 saturated carbocycles. The van der Waals surface area contributed by atoms with Gasteiger partial charge in [-0.3, -0.25) is 0 Å². The molecule has 0 aromatic carbocycles. The van der Waals surface area contributed by atoms with Crippen molar-refractivity contribution in [3.05, 3.63) is 32.7 Å². The van der Waals surface area contributed by atoms with E-state index in [1.807, 2.05) is 0 Å². The minimum absolute atomic E-state index is 1.21. The van der Waals surface area contributed by atoms with E-state index < -0.39 is 0 Å². The summed E-state index contributed by atoms with van der Waals surface area (Å²) in [4.78, 5) is 0. The maximum absolute atomic E-state index is 3.49. The Balaban J connectivity index is 2.02. The number of allylic oxidation sites excluding steroid dienone is 2. The van der Waals surface area contributed by atoms with Gasteiger partial charge in [0.1, 0.15) is 0 Å². The van der Waals surface area contributed by atoms with Crippen LogP contribution < -0.4 is 0 Å². The fraction of sp³-hybridized carbons (Fsp3) is 0.625. The third-order valence-corrected chi connectivity index (χ3v) is 4.52. The Morgan fingerprint density at radius 1 is 0.706 bits per heavy atom. The molecular weight excluding hydrogens is 251 g/mol. The fourth-order valence-electron chi connectivity index (χ4n) is 2.12. The van der Waals surface area contributed by atoms with Crippen LogP contribution in [0.2, 0.25) is 0 Å².